The van der Waals surface area contributed by atoms with Crippen molar-refractivity contribution in [3.63, 3.8) is 0 Å². The van der Waals surface area contributed by atoms with Crippen molar-refractivity contribution in [2.75, 3.05) is 13.2 Å². The van der Waals surface area contributed by atoms with Crippen molar-refractivity contribution in [1.29, 1.82) is 0 Å². The molecule has 0 unspecified atom stereocenters. The van der Waals surface area contributed by atoms with Crippen LogP contribution in [0, 0.1) is 0 Å². The second-order valence-electron chi connectivity index (χ2n) is 9.76. The Morgan fingerprint density at radius 1 is 0.590 bits per heavy atom. The SMILES string of the molecule is CCCCCCc1ccc(C2=CC(CCCC)=C(c3ccc(CCCC)cc3)[N+]2=[N-])cc1.CCO.CCO.[Ni]. The van der Waals surface area contributed by atoms with Gasteiger partial charge < -0.3 is 15.7 Å². The molecular formula is C34H52N2NiO2. The average Bonchev–Trinajstić information content (AvgIpc) is 3.26. The van der Waals surface area contributed by atoms with Crippen molar-refractivity contribution >= 4 is 11.4 Å². The molecule has 1 aliphatic rings. The molecule has 0 atom stereocenters. The van der Waals surface area contributed by atoms with Crippen LogP contribution in [0.1, 0.15) is 115 Å². The molecule has 4 nitrogen and oxygen atoms in total. The number of aliphatic hydroxyl groups excluding tert-OH is 2. The molecule has 1 heterocycles. The van der Waals surface area contributed by atoms with E-state index in [1.54, 1.807) is 13.8 Å². The first-order valence-corrected chi connectivity index (χ1v) is 14.8. The standard InChI is InChI=1S/C30H40N2.2C2H6O.Ni/c1-4-7-10-11-13-25-15-19-26(20-16-25)29-23-28(14-9-6-3)30(32(29)31)27-21-17-24(18-22-27)12-8-5-2;2*1-2-3;/h15-23H,4-14H2,1-3H3;2*3H,2H2,1H3;. The van der Waals surface area contributed by atoms with E-state index in [-0.39, 0.29) is 29.7 Å². The van der Waals surface area contributed by atoms with Gasteiger partial charge in [-0.2, -0.15) is 0 Å². The fourth-order valence-electron chi connectivity index (χ4n) is 4.43. The Morgan fingerprint density at radius 3 is 1.51 bits per heavy atom. The summed E-state index contributed by atoms with van der Waals surface area (Å²) in [6, 6.07) is 17.6. The Balaban J connectivity index is 0.00000189. The van der Waals surface area contributed by atoms with E-state index < -0.39 is 0 Å². The third kappa shape index (κ3) is 13.2. The molecule has 0 aliphatic carbocycles. The van der Waals surface area contributed by atoms with Crippen LogP contribution >= 0.6 is 0 Å². The topological polar surface area (TPSA) is 65.8 Å². The number of aliphatic hydroxyl groups is 2. The monoisotopic (exact) mass is 578 g/mol. The molecule has 0 saturated heterocycles. The van der Waals surface area contributed by atoms with Gasteiger partial charge in [0.15, 0.2) is 0 Å². The van der Waals surface area contributed by atoms with Crippen LogP contribution < -0.4 is 0 Å². The van der Waals surface area contributed by atoms with Crippen LogP contribution in [-0.2, 0) is 29.3 Å². The first kappa shape index (κ1) is 36.9. The summed E-state index contributed by atoms with van der Waals surface area (Å²) < 4.78 is 1.42. The molecule has 1 aliphatic heterocycles. The molecule has 2 N–H and O–H groups in total. The first-order chi connectivity index (χ1) is 18.5. The van der Waals surface area contributed by atoms with E-state index in [9.17, 15) is 5.53 Å². The summed E-state index contributed by atoms with van der Waals surface area (Å²) in [4.78, 5) is 0. The van der Waals surface area contributed by atoms with Crippen molar-refractivity contribution in [2.24, 2.45) is 0 Å². The number of unbranched alkanes of at least 4 members (excludes halogenated alkanes) is 5. The zero-order chi connectivity index (χ0) is 28.2. The fourth-order valence-corrected chi connectivity index (χ4v) is 4.43. The Morgan fingerprint density at radius 2 is 1.03 bits per heavy atom. The third-order valence-corrected chi connectivity index (χ3v) is 6.47. The van der Waals surface area contributed by atoms with Crippen LogP contribution in [0.2, 0.25) is 0 Å². The number of benzene rings is 2. The Labute approximate surface area is 248 Å². The number of nitrogens with zero attached hydrogens (tertiary/aromatic N) is 2. The fraction of sp³-hybridized carbons (Fsp3) is 0.529. The minimum absolute atomic E-state index is 0. The maximum atomic E-state index is 11.2. The van der Waals surface area contributed by atoms with Crippen molar-refractivity contribution < 1.29 is 31.4 Å². The number of aryl methyl sites for hydroxylation is 2. The van der Waals surface area contributed by atoms with E-state index >= 15 is 0 Å². The van der Waals surface area contributed by atoms with Gasteiger partial charge in [-0.1, -0.05) is 77.1 Å². The van der Waals surface area contributed by atoms with Gasteiger partial charge in [-0.25, -0.2) is 4.70 Å². The minimum Gasteiger partial charge on any atom is -0.493 e. The normalized spacial score (nSPS) is 12.2. The maximum Gasteiger partial charge on any atom is 0.210 e. The summed E-state index contributed by atoms with van der Waals surface area (Å²) in [6.45, 7) is 10.6. The smallest absolute Gasteiger partial charge is 0.210 e. The molecule has 0 fully saturated rings. The summed E-state index contributed by atoms with van der Waals surface area (Å²) in [6.07, 6.45) is 15.3. The molecule has 0 radical (unpaired) electrons. The molecule has 2 aromatic carbocycles. The molecule has 0 amide bonds. The number of allylic oxidation sites excluding steroid dienone is 2. The molecule has 0 saturated carbocycles. The van der Waals surface area contributed by atoms with E-state index in [1.165, 1.54) is 59.9 Å². The zero-order valence-corrected chi connectivity index (χ0v) is 26.0. The van der Waals surface area contributed by atoms with Gasteiger partial charge in [0.05, 0.1) is 0 Å². The maximum absolute atomic E-state index is 11.2. The van der Waals surface area contributed by atoms with E-state index in [0.29, 0.717) is 0 Å². The van der Waals surface area contributed by atoms with Crippen LogP contribution in [0.15, 0.2) is 60.2 Å². The van der Waals surface area contributed by atoms with Crippen LogP contribution in [0.5, 0.6) is 0 Å². The van der Waals surface area contributed by atoms with Gasteiger partial charge in [0, 0.05) is 52.5 Å². The minimum atomic E-state index is 0. The van der Waals surface area contributed by atoms with E-state index in [0.717, 1.165) is 54.6 Å². The molecule has 5 heteroatoms. The average molecular weight is 579 g/mol. The Hall–Kier alpha value is -2.07. The molecular weight excluding hydrogens is 527 g/mol. The Bertz CT molecular complexity index is 977. The predicted octanol–water partition coefficient (Wildman–Crippen LogP) is 9.14. The number of rotatable bonds is 13. The number of hydrogen-bond donors (Lipinski definition) is 2. The molecule has 39 heavy (non-hydrogen) atoms. The summed E-state index contributed by atoms with van der Waals surface area (Å²) >= 11 is 0. The van der Waals surface area contributed by atoms with Crippen LogP contribution in [0.4, 0.5) is 0 Å². The van der Waals surface area contributed by atoms with Gasteiger partial charge in [0.2, 0.25) is 11.4 Å². The largest absolute Gasteiger partial charge is 0.493 e. The molecule has 0 aromatic heterocycles. The number of hydrogen-bond acceptors (Lipinski definition) is 2. The molecule has 220 valence electrons. The summed E-state index contributed by atoms with van der Waals surface area (Å²) in [7, 11) is 0. The molecule has 3 rings (SSSR count). The van der Waals surface area contributed by atoms with Crippen LogP contribution in [0.25, 0.3) is 16.9 Å². The summed E-state index contributed by atoms with van der Waals surface area (Å²) in [5.74, 6) is 0. The van der Waals surface area contributed by atoms with Crippen molar-refractivity contribution in [2.45, 2.75) is 105 Å². The van der Waals surface area contributed by atoms with Crippen LogP contribution in [0.3, 0.4) is 0 Å². The van der Waals surface area contributed by atoms with Crippen molar-refractivity contribution in [1.82, 2.24) is 0 Å². The molecule has 2 aromatic rings. The van der Waals surface area contributed by atoms with Crippen molar-refractivity contribution in [3.8, 4) is 0 Å². The summed E-state index contributed by atoms with van der Waals surface area (Å²) in [5, 5.41) is 15.1. The van der Waals surface area contributed by atoms with E-state index in [1.807, 2.05) is 0 Å². The van der Waals surface area contributed by atoms with Gasteiger partial charge in [0.1, 0.15) is 0 Å². The first-order valence-electron chi connectivity index (χ1n) is 14.8. The van der Waals surface area contributed by atoms with Gasteiger partial charge in [-0.15, -0.1) is 0 Å². The van der Waals surface area contributed by atoms with Gasteiger partial charge >= 0.3 is 0 Å². The van der Waals surface area contributed by atoms with Gasteiger partial charge in [-0.3, -0.25) is 0 Å². The van der Waals surface area contributed by atoms with Gasteiger partial charge in [0.25, 0.3) is 0 Å². The second kappa shape index (κ2) is 22.7. The third-order valence-electron chi connectivity index (χ3n) is 6.47. The van der Waals surface area contributed by atoms with E-state index in [2.05, 4.69) is 75.4 Å². The van der Waals surface area contributed by atoms with Crippen molar-refractivity contribution in [3.05, 3.63) is 88.0 Å². The van der Waals surface area contributed by atoms with E-state index in [4.69, 9.17) is 10.2 Å². The molecule has 0 spiro atoms. The Kier molecular flexibility index (Phi) is 21.5. The quantitative estimate of drug-likeness (QED) is 0.141. The summed E-state index contributed by atoms with van der Waals surface area (Å²) in [5.41, 5.74) is 19.2. The zero-order valence-electron chi connectivity index (χ0n) is 25.0. The van der Waals surface area contributed by atoms with Gasteiger partial charge in [-0.05, 0) is 87.8 Å². The van der Waals surface area contributed by atoms with Crippen LogP contribution in [-0.4, -0.2) is 28.1 Å². The molecule has 0 bridgehead atoms. The second-order valence-corrected chi connectivity index (χ2v) is 9.76. The predicted molar refractivity (Wildman–Crippen MR) is 163 cm³/mol.